The Bertz CT molecular complexity index is 380. The van der Waals surface area contributed by atoms with Crippen molar-refractivity contribution < 1.29 is 14.6 Å². The zero-order valence-electron chi connectivity index (χ0n) is 11.7. The highest BCUT2D eigenvalue weighted by Crippen LogP contribution is 2.30. The summed E-state index contributed by atoms with van der Waals surface area (Å²) in [5.74, 6) is 1.60. The summed E-state index contributed by atoms with van der Waals surface area (Å²) in [6.07, 6.45) is 4.28. The first-order valence-corrected chi connectivity index (χ1v) is 7.99. The van der Waals surface area contributed by atoms with Crippen LogP contribution in [-0.4, -0.2) is 18.3 Å². The summed E-state index contributed by atoms with van der Waals surface area (Å²) in [4.78, 5) is 0. The molecule has 0 aromatic heterocycles. The van der Waals surface area contributed by atoms with Crippen molar-refractivity contribution in [3.63, 3.8) is 0 Å². The summed E-state index contributed by atoms with van der Waals surface area (Å²) in [7, 11) is 0. The van der Waals surface area contributed by atoms with Gasteiger partial charge in [-0.1, -0.05) is 26.7 Å². The highest BCUT2D eigenvalue weighted by atomic mass is 127. The van der Waals surface area contributed by atoms with Gasteiger partial charge >= 0.3 is 0 Å². The van der Waals surface area contributed by atoms with Crippen LogP contribution in [0.25, 0.3) is 0 Å². The number of benzene rings is 1. The van der Waals surface area contributed by atoms with E-state index in [2.05, 4.69) is 36.4 Å². The molecule has 1 aromatic rings. The third-order valence-corrected chi connectivity index (χ3v) is 3.64. The highest BCUT2D eigenvalue weighted by molar-refractivity contribution is 14.1. The normalized spacial score (nSPS) is 10.5. The van der Waals surface area contributed by atoms with Crippen LogP contribution in [0.15, 0.2) is 12.1 Å². The summed E-state index contributed by atoms with van der Waals surface area (Å²) >= 11 is 2.25. The summed E-state index contributed by atoms with van der Waals surface area (Å²) in [6.45, 7) is 5.65. The van der Waals surface area contributed by atoms with Crippen molar-refractivity contribution in [2.45, 2.75) is 46.1 Å². The first-order valence-electron chi connectivity index (χ1n) is 6.91. The summed E-state index contributed by atoms with van der Waals surface area (Å²) in [5.41, 5.74) is 0.794. The molecular weight excluding hydrogens is 355 g/mol. The summed E-state index contributed by atoms with van der Waals surface area (Å²) in [6, 6.07) is 3.84. The van der Waals surface area contributed by atoms with Crippen molar-refractivity contribution in [2.24, 2.45) is 0 Å². The van der Waals surface area contributed by atoms with Gasteiger partial charge < -0.3 is 14.6 Å². The van der Waals surface area contributed by atoms with Crippen molar-refractivity contribution in [3.8, 4) is 11.5 Å². The average molecular weight is 378 g/mol. The lowest BCUT2D eigenvalue weighted by molar-refractivity contribution is 0.257. The number of unbranched alkanes of at least 4 members (excludes halogenated alkanes) is 2. The van der Waals surface area contributed by atoms with Gasteiger partial charge in [0.1, 0.15) is 11.5 Å². The van der Waals surface area contributed by atoms with Gasteiger partial charge in [0, 0.05) is 5.56 Å². The van der Waals surface area contributed by atoms with Crippen LogP contribution in [0.5, 0.6) is 11.5 Å². The second kappa shape index (κ2) is 9.42. The number of aliphatic hydroxyl groups is 1. The van der Waals surface area contributed by atoms with E-state index >= 15 is 0 Å². The van der Waals surface area contributed by atoms with Gasteiger partial charge in [-0.25, -0.2) is 0 Å². The van der Waals surface area contributed by atoms with E-state index < -0.39 is 0 Å². The van der Waals surface area contributed by atoms with E-state index in [0.29, 0.717) is 13.2 Å². The molecule has 0 radical (unpaired) electrons. The quantitative estimate of drug-likeness (QED) is 0.519. The molecular formula is C15H23IO3. The number of ether oxygens (including phenoxy) is 2. The van der Waals surface area contributed by atoms with E-state index in [1.54, 1.807) is 0 Å². The largest absolute Gasteiger partial charge is 0.493 e. The van der Waals surface area contributed by atoms with E-state index in [4.69, 9.17) is 9.47 Å². The third kappa shape index (κ3) is 5.57. The third-order valence-electron chi connectivity index (χ3n) is 2.80. The molecule has 3 nitrogen and oxygen atoms in total. The van der Waals surface area contributed by atoms with Crippen molar-refractivity contribution in [3.05, 3.63) is 21.3 Å². The molecule has 0 saturated heterocycles. The molecule has 0 aliphatic heterocycles. The summed E-state index contributed by atoms with van der Waals surface area (Å²) < 4.78 is 12.5. The minimum absolute atomic E-state index is 0.0253. The molecule has 4 heteroatoms. The lowest BCUT2D eigenvalue weighted by atomic mass is 10.2. The fourth-order valence-electron chi connectivity index (χ4n) is 1.60. The Hall–Kier alpha value is -0.490. The minimum Gasteiger partial charge on any atom is -0.493 e. The van der Waals surface area contributed by atoms with Gasteiger partial charge in [-0.15, -0.1) is 0 Å². The van der Waals surface area contributed by atoms with Crippen LogP contribution in [0, 0.1) is 3.57 Å². The molecule has 108 valence electrons. The molecule has 19 heavy (non-hydrogen) atoms. The molecule has 0 spiro atoms. The van der Waals surface area contributed by atoms with Gasteiger partial charge in [-0.3, -0.25) is 0 Å². The molecule has 1 aromatic carbocycles. The van der Waals surface area contributed by atoms with Gasteiger partial charge in [0.2, 0.25) is 0 Å². The minimum atomic E-state index is -0.0253. The molecule has 0 heterocycles. The Balaban J connectivity index is 2.75. The molecule has 1 rings (SSSR count). The van der Waals surface area contributed by atoms with E-state index in [0.717, 1.165) is 46.3 Å². The smallest absolute Gasteiger partial charge is 0.133 e. The number of hydrogen-bond acceptors (Lipinski definition) is 3. The number of halogens is 1. The van der Waals surface area contributed by atoms with Gasteiger partial charge in [-0.2, -0.15) is 0 Å². The van der Waals surface area contributed by atoms with E-state index in [-0.39, 0.29) is 6.61 Å². The Labute approximate surface area is 129 Å². The Kier molecular flexibility index (Phi) is 8.21. The first kappa shape index (κ1) is 16.6. The Morgan fingerprint density at radius 2 is 1.58 bits per heavy atom. The molecule has 0 saturated carbocycles. The van der Waals surface area contributed by atoms with Crippen LogP contribution in [0.3, 0.4) is 0 Å². The van der Waals surface area contributed by atoms with Crippen LogP contribution in [0.1, 0.15) is 45.1 Å². The first-order chi connectivity index (χ1) is 9.22. The maximum atomic E-state index is 9.42. The van der Waals surface area contributed by atoms with E-state index in [1.807, 2.05) is 12.1 Å². The number of hydrogen-bond donors (Lipinski definition) is 1. The second-order valence-electron chi connectivity index (χ2n) is 4.45. The van der Waals surface area contributed by atoms with Gasteiger partial charge in [0.25, 0.3) is 0 Å². The standard InChI is InChI=1S/C15H23IO3/c1-3-5-7-18-14-10-13(16)15(9-12(14)11-17)19-8-6-4-2/h9-10,17H,3-8,11H2,1-2H3. The maximum Gasteiger partial charge on any atom is 0.133 e. The lowest BCUT2D eigenvalue weighted by Crippen LogP contribution is -2.03. The van der Waals surface area contributed by atoms with E-state index in [9.17, 15) is 5.11 Å². The molecule has 0 aliphatic rings. The Morgan fingerprint density at radius 3 is 2.11 bits per heavy atom. The molecule has 0 unspecified atom stereocenters. The number of rotatable bonds is 9. The topological polar surface area (TPSA) is 38.7 Å². The van der Waals surface area contributed by atoms with Crippen molar-refractivity contribution in [2.75, 3.05) is 13.2 Å². The highest BCUT2D eigenvalue weighted by Gasteiger charge is 2.10. The molecule has 0 atom stereocenters. The van der Waals surface area contributed by atoms with Crippen LogP contribution in [0.4, 0.5) is 0 Å². The van der Waals surface area contributed by atoms with Crippen LogP contribution in [0.2, 0.25) is 0 Å². The SMILES string of the molecule is CCCCOc1cc(CO)c(OCCCC)cc1I. The van der Waals surface area contributed by atoms with Crippen LogP contribution >= 0.6 is 22.6 Å². The summed E-state index contributed by atoms with van der Waals surface area (Å²) in [5, 5.41) is 9.42. The van der Waals surface area contributed by atoms with Gasteiger partial charge in [0.15, 0.2) is 0 Å². The van der Waals surface area contributed by atoms with Crippen LogP contribution < -0.4 is 9.47 Å². The molecule has 1 N–H and O–H groups in total. The molecule has 0 amide bonds. The van der Waals surface area contributed by atoms with Crippen molar-refractivity contribution in [1.29, 1.82) is 0 Å². The predicted octanol–water partition coefficient (Wildman–Crippen LogP) is 4.14. The lowest BCUT2D eigenvalue weighted by Gasteiger charge is -2.14. The Morgan fingerprint density at radius 1 is 1.00 bits per heavy atom. The molecule has 0 bridgehead atoms. The van der Waals surface area contributed by atoms with E-state index in [1.165, 1.54) is 0 Å². The monoisotopic (exact) mass is 378 g/mol. The fourth-order valence-corrected chi connectivity index (χ4v) is 2.19. The predicted molar refractivity (Wildman–Crippen MR) is 85.9 cm³/mol. The average Bonchev–Trinajstić information content (AvgIpc) is 2.41. The van der Waals surface area contributed by atoms with Crippen molar-refractivity contribution >= 4 is 22.6 Å². The zero-order chi connectivity index (χ0) is 14.1. The number of aliphatic hydroxyl groups excluding tert-OH is 1. The fraction of sp³-hybridized carbons (Fsp3) is 0.600. The maximum absolute atomic E-state index is 9.42. The van der Waals surface area contributed by atoms with Gasteiger partial charge in [0.05, 0.1) is 23.4 Å². The zero-order valence-corrected chi connectivity index (χ0v) is 13.9. The second-order valence-corrected chi connectivity index (χ2v) is 5.61. The van der Waals surface area contributed by atoms with Crippen LogP contribution in [-0.2, 0) is 6.61 Å². The molecule has 0 fully saturated rings. The van der Waals surface area contributed by atoms with Crippen molar-refractivity contribution in [1.82, 2.24) is 0 Å². The van der Waals surface area contributed by atoms with Gasteiger partial charge in [-0.05, 0) is 47.6 Å². The molecule has 0 aliphatic carbocycles.